The zero-order valence-corrected chi connectivity index (χ0v) is 19.4. The second kappa shape index (κ2) is 9.02. The van der Waals surface area contributed by atoms with Gasteiger partial charge in [-0.05, 0) is 30.9 Å². The van der Waals surface area contributed by atoms with Crippen LogP contribution in [-0.4, -0.2) is 56.5 Å². The molecule has 2 amide bonds. The Morgan fingerprint density at radius 1 is 1.32 bits per heavy atom. The molecule has 2 aromatic rings. The number of pyridine rings is 1. The van der Waals surface area contributed by atoms with Crippen LogP contribution >= 0.6 is 11.3 Å². The van der Waals surface area contributed by atoms with Crippen molar-refractivity contribution in [3.05, 3.63) is 35.1 Å². The van der Waals surface area contributed by atoms with Gasteiger partial charge in [-0.1, -0.05) is 26.8 Å². The highest BCUT2D eigenvalue weighted by Gasteiger charge is 2.42. The lowest BCUT2D eigenvalue weighted by molar-refractivity contribution is -0.141. The van der Waals surface area contributed by atoms with Crippen LogP contribution in [0.3, 0.4) is 0 Å². The number of aliphatic hydroxyl groups excluding tert-OH is 1. The lowest BCUT2D eigenvalue weighted by Crippen LogP contribution is -2.55. The minimum absolute atomic E-state index is 0.111. The summed E-state index contributed by atoms with van der Waals surface area (Å²) in [6.45, 7) is 9.56. The van der Waals surface area contributed by atoms with Crippen molar-refractivity contribution in [1.82, 2.24) is 20.2 Å². The molecule has 4 N–H and O–H groups in total. The maximum atomic E-state index is 13.0. The molecule has 1 fully saturated rings. The van der Waals surface area contributed by atoms with Crippen LogP contribution in [0.15, 0.2) is 23.8 Å². The third-order valence-electron chi connectivity index (χ3n) is 5.69. The number of nitrogens with one attached hydrogen (secondary N) is 1. The second-order valence-electron chi connectivity index (χ2n) is 9.21. The summed E-state index contributed by atoms with van der Waals surface area (Å²) in [5.74, 6) is -0.622. The predicted octanol–water partition coefficient (Wildman–Crippen LogP) is 2.03. The number of thiazole rings is 1. The van der Waals surface area contributed by atoms with E-state index in [1.165, 1.54) is 16.2 Å². The molecule has 3 heterocycles. The fraction of sp³-hybridized carbons (Fsp3) is 0.545. The SMILES string of the molecule is Cc1ncsc1-c1ccc([C@H](C)NC(=O)[C@@H]2C[C@@H](O)CN2C(=O)C(N)C(C)(C)C)cn1. The smallest absolute Gasteiger partial charge is 0.243 e. The Labute approximate surface area is 186 Å². The number of likely N-dealkylation sites (tertiary alicyclic amines) is 1. The predicted molar refractivity (Wildman–Crippen MR) is 120 cm³/mol. The molecule has 8 nitrogen and oxygen atoms in total. The number of aliphatic hydroxyl groups is 1. The highest BCUT2D eigenvalue weighted by molar-refractivity contribution is 7.13. The van der Waals surface area contributed by atoms with Gasteiger partial charge in [0.25, 0.3) is 0 Å². The van der Waals surface area contributed by atoms with Crippen LogP contribution < -0.4 is 11.1 Å². The zero-order chi connectivity index (χ0) is 22.9. The van der Waals surface area contributed by atoms with E-state index in [0.29, 0.717) is 0 Å². The number of hydrogen-bond acceptors (Lipinski definition) is 7. The van der Waals surface area contributed by atoms with E-state index in [0.717, 1.165) is 21.8 Å². The molecular weight excluding hydrogens is 414 g/mol. The molecule has 0 radical (unpaired) electrons. The van der Waals surface area contributed by atoms with E-state index >= 15 is 0 Å². The van der Waals surface area contributed by atoms with Gasteiger partial charge in [0.1, 0.15) is 6.04 Å². The Balaban J connectivity index is 1.69. The first kappa shape index (κ1) is 23.3. The largest absolute Gasteiger partial charge is 0.391 e. The summed E-state index contributed by atoms with van der Waals surface area (Å²) in [5.41, 5.74) is 10.1. The van der Waals surface area contributed by atoms with E-state index in [1.54, 1.807) is 11.7 Å². The van der Waals surface area contributed by atoms with E-state index in [-0.39, 0.29) is 30.8 Å². The number of amides is 2. The standard InChI is InChI=1S/C22H31N5O3S/c1-12(14-6-7-16(24-9-14)18-13(2)25-11-31-18)26-20(29)17-8-15(28)10-27(17)21(30)19(23)22(3,4)5/h6-7,9,11-12,15,17,19,28H,8,10,23H2,1-5H3,(H,26,29)/t12-,15+,17-,19?/m0/s1. The zero-order valence-electron chi connectivity index (χ0n) is 18.6. The van der Waals surface area contributed by atoms with Gasteiger partial charge >= 0.3 is 0 Å². The molecule has 0 aliphatic carbocycles. The molecule has 0 saturated carbocycles. The molecule has 9 heteroatoms. The van der Waals surface area contributed by atoms with E-state index in [9.17, 15) is 14.7 Å². The third-order valence-corrected chi connectivity index (χ3v) is 6.64. The molecule has 0 spiro atoms. The molecule has 3 rings (SSSR count). The first-order valence-corrected chi connectivity index (χ1v) is 11.3. The summed E-state index contributed by atoms with van der Waals surface area (Å²) < 4.78 is 0. The molecule has 2 aromatic heterocycles. The van der Waals surface area contributed by atoms with Crippen molar-refractivity contribution in [1.29, 1.82) is 0 Å². The highest BCUT2D eigenvalue weighted by atomic mass is 32.1. The van der Waals surface area contributed by atoms with Crippen LogP contribution in [0.1, 0.15) is 51.4 Å². The molecular formula is C22H31N5O3S. The van der Waals surface area contributed by atoms with Crippen LogP contribution in [-0.2, 0) is 9.59 Å². The summed E-state index contributed by atoms with van der Waals surface area (Å²) in [5, 5.41) is 13.1. The second-order valence-corrected chi connectivity index (χ2v) is 10.1. The van der Waals surface area contributed by atoms with Gasteiger partial charge in [-0.25, -0.2) is 4.98 Å². The van der Waals surface area contributed by atoms with Crippen molar-refractivity contribution in [2.75, 3.05) is 6.54 Å². The first-order chi connectivity index (χ1) is 14.5. The fourth-order valence-corrected chi connectivity index (χ4v) is 4.37. The van der Waals surface area contributed by atoms with E-state index in [2.05, 4.69) is 15.3 Å². The van der Waals surface area contributed by atoms with Crippen LogP contribution in [0.4, 0.5) is 0 Å². The number of carbonyl (C=O) groups excluding carboxylic acids is 2. The molecule has 1 saturated heterocycles. The van der Waals surface area contributed by atoms with Gasteiger partial charge in [0.05, 0.1) is 40.0 Å². The topological polar surface area (TPSA) is 121 Å². The van der Waals surface area contributed by atoms with Crippen molar-refractivity contribution < 1.29 is 14.7 Å². The molecule has 0 aromatic carbocycles. The first-order valence-electron chi connectivity index (χ1n) is 10.4. The molecule has 1 unspecified atom stereocenters. The van der Waals surface area contributed by atoms with Gasteiger partial charge in [0, 0.05) is 19.2 Å². The molecule has 1 aliphatic rings. The van der Waals surface area contributed by atoms with Gasteiger partial charge in [-0.3, -0.25) is 14.6 Å². The number of β-amino-alcohol motifs (C(OH)–C–C–N with tert-alkyl or cyclic N) is 1. The van der Waals surface area contributed by atoms with Crippen molar-refractivity contribution in [2.24, 2.45) is 11.1 Å². The van der Waals surface area contributed by atoms with Gasteiger partial charge in [0.2, 0.25) is 11.8 Å². The Hall–Kier alpha value is -2.36. The highest BCUT2D eigenvalue weighted by Crippen LogP contribution is 2.27. The normalized spacial score (nSPS) is 21.1. The fourth-order valence-electron chi connectivity index (χ4n) is 3.59. The van der Waals surface area contributed by atoms with E-state index < -0.39 is 23.6 Å². The summed E-state index contributed by atoms with van der Waals surface area (Å²) in [4.78, 5) is 37.1. The molecule has 168 valence electrons. The van der Waals surface area contributed by atoms with Gasteiger partial charge < -0.3 is 21.1 Å². The lowest BCUT2D eigenvalue weighted by atomic mass is 9.86. The number of nitrogens with zero attached hydrogens (tertiary/aromatic N) is 3. The maximum absolute atomic E-state index is 13.0. The quantitative estimate of drug-likeness (QED) is 0.647. The summed E-state index contributed by atoms with van der Waals surface area (Å²) in [6.07, 6.45) is 1.19. The average molecular weight is 446 g/mol. The lowest BCUT2D eigenvalue weighted by Gasteiger charge is -2.32. The molecule has 1 aliphatic heterocycles. The van der Waals surface area contributed by atoms with Crippen LogP contribution in [0.25, 0.3) is 10.6 Å². The Morgan fingerprint density at radius 2 is 2.03 bits per heavy atom. The monoisotopic (exact) mass is 445 g/mol. The molecule has 31 heavy (non-hydrogen) atoms. The number of aromatic nitrogens is 2. The van der Waals surface area contributed by atoms with Gasteiger partial charge in [-0.15, -0.1) is 11.3 Å². The number of rotatable bonds is 5. The van der Waals surface area contributed by atoms with Crippen LogP contribution in [0.2, 0.25) is 0 Å². The molecule has 4 atom stereocenters. The van der Waals surface area contributed by atoms with Crippen LogP contribution in [0, 0.1) is 12.3 Å². The van der Waals surface area contributed by atoms with Gasteiger partial charge in [-0.2, -0.15) is 0 Å². The average Bonchev–Trinajstić information content (AvgIpc) is 3.31. The Morgan fingerprint density at radius 3 is 2.58 bits per heavy atom. The van der Waals surface area contributed by atoms with Crippen molar-refractivity contribution in [3.8, 4) is 10.6 Å². The number of hydrogen-bond donors (Lipinski definition) is 3. The third kappa shape index (κ3) is 5.11. The van der Waals surface area contributed by atoms with Crippen molar-refractivity contribution >= 4 is 23.2 Å². The van der Waals surface area contributed by atoms with Gasteiger partial charge in [0.15, 0.2) is 0 Å². The minimum Gasteiger partial charge on any atom is -0.391 e. The minimum atomic E-state index is -0.752. The Kier molecular flexibility index (Phi) is 6.78. The summed E-state index contributed by atoms with van der Waals surface area (Å²) >= 11 is 1.54. The van der Waals surface area contributed by atoms with E-state index in [1.807, 2.05) is 46.8 Å². The maximum Gasteiger partial charge on any atom is 0.243 e. The molecule has 0 bridgehead atoms. The Bertz CT molecular complexity index is 937. The van der Waals surface area contributed by atoms with Crippen molar-refractivity contribution in [2.45, 2.75) is 65.3 Å². The number of nitrogens with two attached hydrogens (primary N) is 1. The number of aryl methyl sites for hydroxylation is 1. The summed E-state index contributed by atoms with van der Waals surface area (Å²) in [6, 6.07) is 2.04. The number of carbonyl (C=O) groups is 2. The van der Waals surface area contributed by atoms with Crippen LogP contribution in [0.5, 0.6) is 0 Å². The van der Waals surface area contributed by atoms with Crippen molar-refractivity contribution in [3.63, 3.8) is 0 Å². The van der Waals surface area contributed by atoms with E-state index in [4.69, 9.17) is 5.73 Å². The summed E-state index contributed by atoms with van der Waals surface area (Å²) in [7, 11) is 0.